The zero-order valence-corrected chi connectivity index (χ0v) is 37.7. The minimum absolute atomic E-state index is 0.181. The number of rotatable bonds is 16. The van der Waals surface area contributed by atoms with Crippen LogP contribution in [0.4, 0.5) is 0 Å². The van der Waals surface area contributed by atoms with Crippen molar-refractivity contribution in [3.63, 3.8) is 0 Å². The van der Waals surface area contributed by atoms with E-state index in [1.54, 1.807) is 79.7 Å². The molecule has 4 aromatic rings. The van der Waals surface area contributed by atoms with E-state index in [2.05, 4.69) is 0 Å². The van der Waals surface area contributed by atoms with Crippen molar-refractivity contribution in [2.75, 3.05) is 6.61 Å². The third-order valence-electron chi connectivity index (χ3n) is 10.3. The molecule has 2 fully saturated rings. The first-order valence-corrected chi connectivity index (χ1v) is 21.2. The average molecular weight is 949 g/mol. The average Bonchev–Trinajstić information content (AvgIpc) is 3.28. The molecule has 6 rings (SSSR count). The van der Waals surface area contributed by atoms with E-state index in [1.807, 2.05) is 6.92 Å². The highest BCUT2D eigenvalue weighted by atomic mass is 16.7. The Balaban J connectivity index is 0.000000261. The molecule has 4 N–H and O–H groups in total. The number of aliphatic hydroxyl groups is 4. The molecule has 0 bridgehead atoms. The van der Waals surface area contributed by atoms with Crippen LogP contribution in [-0.4, -0.2) is 119 Å². The van der Waals surface area contributed by atoms with Crippen LogP contribution in [0.1, 0.15) is 48.0 Å². The molecule has 0 aliphatic carbocycles. The zero-order chi connectivity index (χ0) is 49.7. The Morgan fingerprint density at radius 2 is 0.956 bits per heavy atom. The van der Waals surface area contributed by atoms with Gasteiger partial charge in [0, 0.05) is 39.8 Å². The van der Waals surface area contributed by atoms with Crippen LogP contribution in [0.25, 0.3) is 22.3 Å². The maximum atomic E-state index is 11.8. The summed E-state index contributed by atoms with van der Waals surface area (Å²) in [5.74, 6) is -0.837. The Bertz CT molecular complexity index is 2300. The van der Waals surface area contributed by atoms with Gasteiger partial charge in [-0.3, -0.25) is 28.8 Å². The molecular formula is C48H52O20. The van der Waals surface area contributed by atoms with Crippen LogP contribution in [0.15, 0.2) is 84.9 Å². The second-order valence-corrected chi connectivity index (χ2v) is 15.4. The largest absolute Gasteiger partial charge is 0.464 e. The molecule has 0 aromatic heterocycles. The number of benzene rings is 4. The topological polar surface area (TPSA) is 276 Å². The second kappa shape index (κ2) is 24.2. The Morgan fingerprint density at radius 3 is 1.38 bits per heavy atom. The van der Waals surface area contributed by atoms with Crippen LogP contribution in [0.5, 0.6) is 34.5 Å². The molecule has 364 valence electrons. The molecular weight excluding hydrogens is 897 g/mol. The van der Waals surface area contributed by atoms with Crippen LogP contribution in [-0.2, 0) is 47.7 Å². The van der Waals surface area contributed by atoms with Crippen molar-refractivity contribution in [2.24, 2.45) is 5.92 Å². The minimum Gasteiger partial charge on any atom is -0.464 e. The van der Waals surface area contributed by atoms with Crippen LogP contribution in [0, 0.1) is 5.92 Å². The third kappa shape index (κ3) is 14.0. The van der Waals surface area contributed by atoms with Crippen molar-refractivity contribution < 1.29 is 96.6 Å². The van der Waals surface area contributed by atoms with E-state index < -0.39 is 91.7 Å². The first-order valence-electron chi connectivity index (χ1n) is 21.2. The van der Waals surface area contributed by atoms with Gasteiger partial charge in [-0.2, -0.15) is 0 Å². The van der Waals surface area contributed by atoms with E-state index in [0.717, 1.165) is 5.56 Å². The summed E-state index contributed by atoms with van der Waals surface area (Å²) in [4.78, 5) is 67.6. The lowest BCUT2D eigenvalue weighted by molar-refractivity contribution is -0.277. The van der Waals surface area contributed by atoms with Crippen molar-refractivity contribution in [2.45, 2.75) is 103 Å². The zero-order valence-electron chi connectivity index (χ0n) is 37.7. The Morgan fingerprint density at radius 1 is 0.529 bits per heavy atom. The fourth-order valence-electron chi connectivity index (χ4n) is 7.26. The molecule has 68 heavy (non-hydrogen) atoms. The molecule has 20 nitrogen and oxygen atoms in total. The standard InChI is InChI=1S/C28H32O10.C20H20O10/c1-7-25-27(36-19(6)32)26(35-18(5)31)15(2)28(38-25)37-22-10-8-20(9-11-22)21-12-23(33-16(3)29)14-24(13-21)34-17(4)30;21-8-16-17(24)18(25)19(26)20(30-16)29-13-3-1-11(2-4-13)12-5-14(27-9-22)7-15(6-12)28-10-23/h8-15,25-28H,7H2,1-6H3;1-7,9-10,16-21,24-26H,8H2. The fourth-order valence-corrected chi connectivity index (χ4v) is 7.26. The van der Waals surface area contributed by atoms with Gasteiger partial charge in [-0.05, 0) is 77.2 Å². The predicted molar refractivity (Wildman–Crippen MR) is 234 cm³/mol. The summed E-state index contributed by atoms with van der Waals surface area (Å²) in [7, 11) is 0. The van der Waals surface area contributed by atoms with Gasteiger partial charge in [-0.25, -0.2) is 0 Å². The highest BCUT2D eigenvalue weighted by molar-refractivity contribution is 5.75. The number of esters is 4. The lowest BCUT2D eigenvalue weighted by Crippen LogP contribution is -2.60. The summed E-state index contributed by atoms with van der Waals surface area (Å²) in [6.07, 6.45) is -9.23. The van der Waals surface area contributed by atoms with E-state index in [1.165, 1.54) is 39.8 Å². The number of hydrogen-bond acceptors (Lipinski definition) is 20. The predicted octanol–water partition coefficient (Wildman–Crippen LogP) is 3.82. The third-order valence-corrected chi connectivity index (χ3v) is 10.3. The van der Waals surface area contributed by atoms with Crippen molar-refractivity contribution in [3.8, 4) is 56.8 Å². The molecule has 4 aromatic carbocycles. The lowest BCUT2D eigenvalue weighted by atomic mass is 9.90. The number of carbonyl (C=O) groups is 6. The van der Waals surface area contributed by atoms with Gasteiger partial charge in [-0.15, -0.1) is 0 Å². The quantitative estimate of drug-likeness (QED) is 0.0706. The molecule has 0 amide bonds. The number of carbonyl (C=O) groups excluding carboxylic acids is 6. The van der Waals surface area contributed by atoms with E-state index in [4.69, 9.17) is 47.4 Å². The van der Waals surface area contributed by atoms with Gasteiger partial charge >= 0.3 is 23.9 Å². The fraction of sp³-hybridized carbons (Fsp3) is 0.375. The van der Waals surface area contributed by atoms with Gasteiger partial charge in [-0.1, -0.05) is 38.1 Å². The number of hydrogen-bond donors (Lipinski definition) is 4. The van der Waals surface area contributed by atoms with Crippen LogP contribution < -0.4 is 28.4 Å². The van der Waals surface area contributed by atoms with Crippen molar-refractivity contribution in [1.29, 1.82) is 0 Å². The second-order valence-electron chi connectivity index (χ2n) is 15.4. The van der Waals surface area contributed by atoms with Gasteiger partial charge in [0.2, 0.25) is 12.6 Å². The highest BCUT2D eigenvalue weighted by Crippen LogP contribution is 2.36. The number of aliphatic hydroxyl groups excluding tert-OH is 4. The van der Waals surface area contributed by atoms with Gasteiger partial charge in [0.25, 0.3) is 12.9 Å². The van der Waals surface area contributed by atoms with E-state index in [9.17, 15) is 49.2 Å². The van der Waals surface area contributed by atoms with Gasteiger partial charge in [0.1, 0.15) is 71.1 Å². The maximum absolute atomic E-state index is 11.8. The molecule has 2 saturated heterocycles. The molecule has 20 heteroatoms. The van der Waals surface area contributed by atoms with Crippen molar-refractivity contribution >= 4 is 36.8 Å². The number of ether oxygens (including phenoxy) is 10. The van der Waals surface area contributed by atoms with E-state index in [0.29, 0.717) is 28.9 Å². The Kier molecular flexibility index (Phi) is 18.5. The molecule has 2 aliphatic rings. The summed E-state index contributed by atoms with van der Waals surface area (Å²) in [6, 6.07) is 22.8. The first-order chi connectivity index (χ1) is 32.4. The lowest BCUT2D eigenvalue weighted by Gasteiger charge is -2.43. The summed E-state index contributed by atoms with van der Waals surface area (Å²) in [5, 5.41) is 38.9. The van der Waals surface area contributed by atoms with Gasteiger partial charge < -0.3 is 67.8 Å². The normalized spacial score (nSPS) is 24.1. The van der Waals surface area contributed by atoms with Crippen molar-refractivity contribution in [3.05, 3.63) is 84.9 Å². The monoisotopic (exact) mass is 948 g/mol. The maximum Gasteiger partial charge on any atom is 0.308 e. The SMILES string of the molecule is CCC1OC(Oc2ccc(-c3cc(OC(C)=O)cc(OC(C)=O)c3)cc2)C(C)C(OC(C)=O)C1OC(C)=O.O=COc1cc(OC=O)cc(-c2ccc(OC3OC(CO)C(O)C(O)C3O)cc2)c1. The molecule has 10 atom stereocenters. The Labute approximate surface area is 390 Å². The molecule has 2 heterocycles. The summed E-state index contributed by atoms with van der Waals surface area (Å²) < 4.78 is 54.1. The van der Waals surface area contributed by atoms with Crippen molar-refractivity contribution in [1.82, 2.24) is 0 Å². The van der Waals surface area contributed by atoms with E-state index in [-0.39, 0.29) is 41.7 Å². The Hall–Kier alpha value is -6.94. The van der Waals surface area contributed by atoms with Gasteiger partial charge in [0.15, 0.2) is 6.10 Å². The molecule has 2 aliphatic heterocycles. The summed E-state index contributed by atoms with van der Waals surface area (Å²) in [6.45, 7) is 8.77. The first kappa shape index (κ1) is 52.0. The van der Waals surface area contributed by atoms with E-state index >= 15 is 0 Å². The smallest absolute Gasteiger partial charge is 0.308 e. The molecule has 10 unspecified atom stereocenters. The minimum atomic E-state index is -1.54. The molecule has 0 saturated carbocycles. The van der Waals surface area contributed by atoms with Crippen LogP contribution in [0.3, 0.4) is 0 Å². The highest BCUT2D eigenvalue weighted by Gasteiger charge is 2.48. The van der Waals surface area contributed by atoms with Gasteiger partial charge in [0.05, 0.1) is 12.5 Å². The molecule has 0 radical (unpaired) electrons. The van der Waals surface area contributed by atoms with Crippen LogP contribution in [0.2, 0.25) is 0 Å². The summed E-state index contributed by atoms with van der Waals surface area (Å²) >= 11 is 0. The molecule has 0 spiro atoms. The summed E-state index contributed by atoms with van der Waals surface area (Å²) in [5.41, 5.74) is 2.66. The van der Waals surface area contributed by atoms with Crippen LogP contribution >= 0.6 is 0 Å².